The summed E-state index contributed by atoms with van der Waals surface area (Å²) in [5, 5.41) is 7.92. The van der Waals surface area contributed by atoms with E-state index in [1.165, 1.54) is 13.2 Å². The number of benzene rings is 1. The van der Waals surface area contributed by atoms with Gasteiger partial charge in [-0.1, -0.05) is 6.07 Å². The smallest absolute Gasteiger partial charge is 0.287 e. The fourth-order valence-electron chi connectivity index (χ4n) is 1.89. The highest BCUT2D eigenvalue weighted by Gasteiger charge is 2.09. The van der Waals surface area contributed by atoms with E-state index in [-0.39, 0.29) is 36.6 Å². The quantitative estimate of drug-likeness (QED) is 0.701. The molecule has 0 unspecified atom stereocenters. The van der Waals surface area contributed by atoms with Crippen LogP contribution >= 0.6 is 0 Å². The average molecular weight is 315 g/mol. The Morgan fingerprint density at radius 1 is 1.00 bits per heavy atom. The van der Waals surface area contributed by atoms with Gasteiger partial charge in [-0.15, -0.1) is 0 Å². The minimum Gasteiger partial charge on any atom is -0.459 e. The maximum atomic E-state index is 12.0. The number of furan rings is 1. The topological polar surface area (TPSA) is 100 Å². The van der Waals surface area contributed by atoms with Gasteiger partial charge in [0.2, 0.25) is 5.91 Å². The van der Waals surface area contributed by atoms with Crippen LogP contribution in [0.15, 0.2) is 47.1 Å². The van der Waals surface area contributed by atoms with Crippen LogP contribution in [0.5, 0.6) is 0 Å². The van der Waals surface area contributed by atoms with E-state index in [1.54, 1.807) is 36.4 Å². The predicted molar refractivity (Wildman–Crippen MR) is 84.1 cm³/mol. The van der Waals surface area contributed by atoms with Gasteiger partial charge in [-0.2, -0.15) is 0 Å². The number of rotatable bonds is 6. The Kier molecular flexibility index (Phi) is 5.51. The maximum Gasteiger partial charge on any atom is 0.287 e. The Morgan fingerprint density at radius 3 is 2.39 bits per heavy atom. The summed E-state index contributed by atoms with van der Waals surface area (Å²) in [6.07, 6.45) is 1.42. The highest BCUT2D eigenvalue weighted by molar-refractivity contribution is 5.96. The van der Waals surface area contributed by atoms with E-state index in [1.807, 2.05) is 0 Å². The Labute approximate surface area is 133 Å². The van der Waals surface area contributed by atoms with Crippen LogP contribution in [-0.2, 0) is 4.79 Å². The van der Waals surface area contributed by atoms with Crippen molar-refractivity contribution >= 4 is 23.4 Å². The van der Waals surface area contributed by atoms with Crippen LogP contribution in [0.25, 0.3) is 0 Å². The number of anilines is 1. The highest BCUT2D eigenvalue weighted by atomic mass is 16.3. The summed E-state index contributed by atoms with van der Waals surface area (Å²) < 4.78 is 4.95. The summed E-state index contributed by atoms with van der Waals surface area (Å²) in [5.74, 6) is -0.608. The Balaban J connectivity index is 1.78. The van der Waals surface area contributed by atoms with Crippen LogP contribution in [-0.4, -0.2) is 30.8 Å². The zero-order chi connectivity index (χ0) is 16.7. The highest BCUT2D eigenvalue weighted by Crippen LogP contribution is 2.10. The molecule has 2 aromatic rings. The summed E-state index contributed by atoms with van der Waals surface area (Å²) in [6.45, 7) is 1.95. The lowest BCUT2D eigenvalue weighted by Gasteiger charge is -2.08. The van der Waals surface area contributed by atoms with Gasteiger partial charge < -0.3 is 20.4 Å². The van der Waals surface area contributed by atoms with Gasteiger partial charge in [0.15, 0.2) is 5.76 Å². The molecule has 0 atom stereocenters. The molecule has 0 aliphatic carbocycles. The number of hydrogen-bond acceptors (Lipinski definition) is 4. The Morgan fingerprint density at radius 2 is 1.74 bits per heavy atom. The van der Waals surface area contributed by atoms with E-state index in [0.717, 1.165) is 0 Å². The Hall–Kier alpha value is -3.09. The van der Waals surface area contributed by atoms with E-state index >= 15 is 0 Å². The van der Waals surface area contributed by atoms with Gasteiger partial charge in [0.25, 0.3) is 11.8 Å². The van der Waals surface area contributed by atoms with E-state index < -0.39 is 0 Å². The third kappa shape index (κ3) is 4.99. The molecule has 0 saturated heterocycles. The van der Waals surface area contributed by atoms with Gasteiger partial charge in [0, 0.05) is 31.3 Å². The van der Waals surface area contributed by atoms with Crippen LogP contribution in [0.2, 0.25) is 0 Å². The molecule has 23 heavy (non-hydrogen) atoms. The third-order valence-electron chi connectivity index (χ3n) is 2.89. The van der Waals surface area contributed by atoms with Crippen molar-refractivity contribution in [2.45, 2.75) is 6.92 Å². The molecule has 0 aliphatic heterocycles. The molecule has 0 fully saturated rings. The summed E-state index contributed by atoms with van der Waals surface area (Å²) in [4.78, 5) is 34.6. The minimum atomic E-state index is -0.336. The lowest BCUT2D eigenvalue weighted by Crippen LogP contribution is -2.34. The fraction of sp³-hybridized carbons (Fsp3) is 0.188. The van der Waals surface area contributed by atoms with Crippen molar-refractivity contribution in [2.24, 2.45) is 0 Å². The van der Waals surface area contributed by atoms with E-state index in [9.17, 15) is 14.4 Å². The van der Waals surface area contributed by atoms with E-state index in [4.69, 9.17) is 4.42 Å². The largest absolute Gasteiger partial charge is 0.459 e. The second kappa shape index (κ2) is 7.79. The van der Waals surface area contributed by atoms with Crippen LogP contribution in [0.3, 0.4) is 0 Å². The number of carbonyl (C=O) groups is 3. The van der Waals surface area contributed by atoms with Gasteiger partial charge in [0.05, 0.1) is 6.26 Å². The van der Waals surface area contributed by atoms with Crippen LogP contribution in [0.4, 0.5) is 5.69 Å². The summed E-state index contributed by atoms with van der Waals surface area (Å²) in [5.41, 5.74) is 0.977. The number of amides is 3. The van der Waals surface area contributed by atoms with Crippen molar-refractivity contribution in [2.75, 3.05) is 18.4 Å². The first-order chi connectivity index (χ1) is 11.1. The molecule has 120 valence electrons. The van der Waals surface area contributed by atoms with Crippen molar-refractivity contribution in [3.63, 3.8) is 0 Å². The minimum absolute atomic E-state index is 0.205. The molecule has 1 aromatic heterocycles. The monoisotopic (exact) mass is 315 g/mol. The SMILES string of the molecule is CC(=O)Nc1cccc(C(=O)NCCNC(=O)c2ccco2)c1. The number of carbonyl (C=O) groups excluding carboxylic acids is 3. The molecule has 0 aliphatic rings. The van der Waals surface area contributed by atoms with Crippen LogP contribution in [0, 0.1) is 0 Å². The molecule has 3 N–H and O–H groups in total. The first-order valence-electron chi connectivity index (χ1n) is 7.04. The lowest BCUT2D eigenvalue weighted by atomic mass is 10.2. The van der Waals surface area contributed by atoms with Crippen LogP contribution < -0.4 is 16.0 Å². The van der Waals surface area contributed by atoms with Gasteiger partial charge in [-0.05, 0) is 30.3 Å². The fourth-order valence-corrected chi connectivity index (χ4v) is 1.89. The molecule has 1 aromatic carbocycles. The van der Waals surface area contributed by atoms with Gasteiger partial charge in [-0.25, -0.2) is 0 Å². The van der Waals surface area contributed by atoms with E-state index in [0.29, 0.717) is 11.3 Å². The molecule has 0 bridgehead atoms. The summed E-state index contributed by atoms with van der Waals surface area (Å²) in [6, 6.07) is 9.78. The van der Waals surface area contributed by atoms with Gasteiger partial charge >= 0.3 is 0 Å². The lowest BCUT2D eigenvalue weighted by molar-refractivity contribution is -0.114. The summed E-state index contributed by atoms with van der Waals surface area (Å²) in [7, 11) is 0. The predicted octanol–water partition coefficient (Wildman–Crippen LogP) is 1.40. The van der Waals surface area contributed by atoms with Crippen molar-refractivity contribution in [3.05, 3.63) is 54.0 Å². The number of nitrogens with one attached hydrogen (secondary N) is 3. The molecule has 7 heteroatoms. The first-order valence-corrected chi connectivity index (χ1v) is 7.04. The standard InChI is InChI=1S/C16H17N3O4/c1-11(20)19-13-5-2-4-12(10-13)15(21)17-7-8-18-16(22)14-6-3-9-23-14/h2-6,9-10H,7-8H2,1H3,(H,17,21)(H,18,22)(H,19,20). The van der Waals surface area contributed by atoms with Crippen molar-refractivity contribution in [3.8, 4) is 0 Å². The van der Waals surface area contributed by atoms with E-state index in [2.05, 4.69) is 16.0 Å². The second-order valence-electron chi connectivity index (χ2n) is 4.75. The second-order valence-corrected chi connectivity index (χ2v) is 4.75. The molecule has 0 saturated carbocycles. The van der Waals surface area contributed by atoms with Crippen LogP contribution in [0.1, 0.15) is 27.8 Å². The summed E-state index contributed by atoms with van der Waals surface area (Å²) >= 11 is 0. The number of hydrogen-bond donors (Lipinski definition) is 3. The zero-order valence-corrected chi connectivity index (χ0v) is 12.6. The molecule has 0 radical (unpaired) electrons. The molecular formula is C16H17N3O4. The van der Waals surface area contributed by atoms with Gasteiger partial charge in [0.1, 0.15) is 0 Å². The van der Waals surface area contributed by atoms with Crippen molar-refractivity contribution in [1.29, 1.82) is 0 Å². The zero-order valence-electron chi connectivity index (χ0n) is 12.6. The van der Waals surface area contributed by atoms with Gasteiger partial charge in [-0.3, -0.25) is 14.4 Å². The van der Waals surface area contributed by atoms with Crippen molar-refractivity contribution < 1.29 is 18.8 Å². The molecule has 1 heterocycles. The maximum absolute atomic E-state index is 12.0. The molecule has 7 nitrogen and oxygen atoms in total. The van der Waals surface area contributed by atoms with Crippen molar-refractivity contribution in [1.82, 2.24) is 10.6 Å². The molecule has 0 spiro atoms. The Bertz CT molecular complexity index is 695. The third-order valence-corrected chi connectivity index (χ3v) is 2.89. The molecular weight excluding hydrogens is 298 g/mol. The first kappa shape index (κ1) is 16.3. The molecule has 2 rings (SSSR count). The normalized spacial score (nSPS) is 9.96. The molecule has 3 amide bonds. The average Bonchev–Trinajstić information content (AvgIpc) is 3.05.